The van der Waals surface area contributed by atoms with Crippen LogP contribution in [0.1, 0.15) is 23.3 Å². The number of amides is 1. The van der Waals surface area contributed by atoms with Gasteiger partial charge in [0.1, 0.15) is 10.7 Å². The fourth-order valence-electron chi connectivity index (χ4n) is 2.77. The number of thiazole rings is 1. The molecule has 0 radical (unpaired) electrons. The maximum atomic E-state index is 12.4. The average Bonchev–Trinajstić information content (AvgIpc) is 3.33. The Morgan fingerprint density at radius 1 is 1.24 bits per heavy atom. The van der Waals surface area contributed by atoms with E-state index in [4.69, 9.17) is 4.74 Å². The summed E-state index contributed by atoms with van der Waals surface area (Å²) < 4.78 is 7.12. The second-order valence-corrected chi connectivity index (χ2v) is 6.77. The summed E-state index contributed by atoms with van der Waals surface area (Å²) in [5.41, 5.74) is 2.35. The first-order valence-corrected chi connectivity index (χ1v) is 9.12. The lowest BCUT2D eigenvalue weighted by molar-refractivity contribution is 0.0694. The third kappa shape index (κ3) is 3.62. The van der Waals surface area contributed by atoms with Crippen LogP contribution in [-0.4, -0.2) is 39.9 Å². The van der Waals surface area contributed by atoms with Crippen molar-refractivity contribution in [3.05, 3.63) is 53.8 Å². The highest BCUT2D eigenvalue weighted by Gasteiger charge is 2.19. The predicted molar refractivity (Wildman–Crippen MR) is 96.0 cm³/mol. The smallest absolute Gasteiger partial charge is 0.270 e. The minimum absolute atomic E-state index is 0.121. The van der Waals surface area contributed by atoms with Gasteiger partial charge in [0.05, 0.1) is 11.9 Å². The van der Waals surface area contributed by atoms with Crippen LogP contribution >= 0.6 is 11.3 Å². The van der Waals surface area contributed by atoms with Crippen LogP contribution in [0.2, 0.25) is 0 Å². The SMILES string of the molecule is O=C(NC1CCOCC1)c1csc(-c2cnn(-c3ccccc3)c2)n1. The molecule has 0 aliphatic carbocycles. The van der Waals surface area contributed by atoms with Gasteiger partial charge in [0.15, 0.2) is 0 Å². The number of carbonyl (C=O) groups is 1. The van der Waals surface area contributed by atoms with E-state index in [1.807, 2.05) is 36.5 Å². The van der Waals surface area contributed by atoms with Gasteiger partial charge in [0.25, 0.3) is 5.91 Å². The van der Waals surface area contributed by atoms with E-state index >= 15 is 0 Å². The van der Waals surface area contributed by atoms with Gasteiger partial charge in [-0.25, -0.2) is 9.67 Å². The van der Waals surface area contributed by atoms with Gasteiger partial charge >= 0.3 is 0 Å². The molecular weight excluding hydrogens is 336 g/mol. The molecule has 6 nitrogen and oxygen atoms in total. The highest BCUT2D eigenvalue weighted by atomic mass is 32.1. The van der Waals surface area contributed by atoms with E-state index in [2.05, 4.69) is 15.4 Å². The summed E-state index contributed by atoms with van der Waals surface area (Å²) in [5, 5.41) is 10.0. The van der Waals surface area contributed by atoms with Crippen molar-refractivity contribution in [3.63, 3.8) is 0 Å². The fourth-order valence-corrected chi connectivity index (χ4v) is 3.54. The van der Waals surface area contributed by atoms with Crippen molar-refractivity contribution in [2.24, 2.45) is 0 Å². The minimum Gasteiger partial charge on any atom is -0.381 e. The zero-order valence-electron chi connectivity index (χ0n) is 13.6. The number of ether oxygens (including phenoxy) is 1. The quantitative estimate of drug-likeness (QED) is 0.782. The Bertz CT molecular complexity index is 853. The van der Waals surface area contributed by atoms with Gasteiger partial charge in [-0.1, -0.05) is 18.2 Å². The molecule has 0 saturated carbocycles. The van der Waals surface area contributed by atoms with Gasteiger partial charge < -0.3 is 10.1 Å². The molecule has 7 heteroatoms. The number of benzene rings is 1. The molecule has 1 aliphatic rings. The highest BCUT2D eigenvalue weighted by Crippen LogP contribution is 2.24. The van der Waals surface area contributed by atoms with Crippen molar-refractivity contribution in [2.75, 3.05) is 13.2 Å². The van der Waals surface area contributed by atoms with Crippen LogP contribution in [-0.2, 0) is 4.74 Å². The first kappa shape index (κ1) is 16.0. The van der Waals surface area contributed by atoms with E-state index in [9.17, 15) is 4.79 Å². The van der Waals surface area contributed by atoms with Crippen LogP contribution in [0.3, 0.4) is 0 Å². The Morgan fingerprint density at radius 2 is 2.04 bits per heavy atom. The monoisotopic (exact) mass is 354 g/mol. The number of hydrogen-bond acceptors (Lipinski definition) is 5. The van der Waals surface area contributed by atoms with Crippen molar-refractivity contribution < 1.29 is 9.53 Å². The van der Waals surface area contributed by atoms with Gasteiger partial charge in [0.2, 0.25) is 0 Å². The molecule has 1 aliphatic heterocycles. The van der Waals surface area contributed by atoms with Crippen molar-refractivity contribution in [3.8, 4) is 16.3 Å². The van der Waals surface area contributed by atoms with Gasteiger partial charge in [-0.05, 0) is 25.0 Å². The molecule has 0 spiro atoms. The van der Waals surface area contributed by atoms with Crippen molar-refractivity contribution in [2.45, 2.75) is 18.9 Å². The normalized spacial score (nSPS) is 15.2. The van der Waals surface area contributed by atoms with Crippen LogP contribution in [0.25, 0.3) is 16.3 Å². The molecule has 1 N–H and O–H groups in total. The van der Waals surface area contributed by atoms with E-state index in [0.717, 1.165) is 29.1 Å². The van der Waals surface area contributed by atoms with E-state index in [-0.39, 0.29) is 11.9 Å². The van der Waals surface area contributed by atoms with E-state index in [1.54, 1.807) is 16.3 Å². The van der Waals surface area contributed by atoms with Crippen LogP contribution in [0.4, 0.5) is 0 Å². The second-order valence-electron chi connectivity index (χ2n) is 5.91. The number of hydrogen-bond donors (Lipinski definition) is 1. The Morgan fingerprint density at radius 3 is 2.84 bits per heavy atom. The summed E-state index contributed by atoms with van der Waals surface area (Å²) in [6.07, 6.45) is 5.40. The summed E-state index contributed by atoms with van der Waals surface area (Å²) >= 11 is 1.45. The predicted octanol–water partition coefficient (Wildman–Crippen LogP) is 2.90. The molecule has 1 aromatic carbocycles. The standard InChI is InChI=1S/C18H18N4O2S/c23-17(20-14-6-8-24-9-7-14)16-12-25-18(21-16)13-10-19-22(11-13)15-4-2-1-3-5-15/h1-5,10-12,14H,6-9H2,(H,20,23). The zero-order valence-corrected chi connectivity index (χ0v) is 14.4. The Labute approximate surface area is 149 Å². The van der Waals surface area contributed by atoms with E-state index in [0.29, 0.717) is 18.9 Å². The van der Waals surface area contributed by atoms with Crippen molar-refractivity contribution >= 4 is 17.2 Å². The summed E-state index contributed by atoms with van der Waals surface area (Å²) in [5.74, 6) is -0.121. The van der Waals surface area contributed by atoms with Crippen molar-refractivity contribution in [1.29, 1.82) is 0 Å². The number of nitrogens with zero attached hydrogens (tertiary/aromatic N) is 3. The van der Waals surface area contributed by atoms with Gasteiger partial charge in [-0.3, -0.25) is 4.79 Å². The zero-order chi connectivity index (χ0) is 17.1. The first-order valence-electron chi connectivity index (χ1n) is 8.24. The molecule has 1 saturated heterocycles. The van der Waals surface area contributed by atoms with Crippen LogP contribution in [0.15, 0.2) is 48.1 Å². The number of aromatic nitrogens is 3. The molecule has 1 fully saturated rings. The minimum atomic E-state index is -0.121. The summed E-state index contributed by atoms with van der Waals surface area (Å²) in [7, 11) is 0. The number of para-hydroxylation sites is 1. The summed E-state index contributed by atoms with van der Waals surface area (Å²) in [6, 6.07) is 10.1. The molecular formula is C18H18N4O2S. The molecule has 128 valence electrons. The van der Waals surface area contributed by atoms with Gasteiger partial charge in [-0.2, -0.15) is 5.10 Å². The fraction of sp³-hybridized carbons (Fsp3) is 0.278. The lowest BCUT2D eigenvalue weighted by Gasteiger charge is -2.22. The van der Waals surface area contributed by atoms with E-state index in [1.165, 1.54) is 11.3 Å². The molecule has 2 aromatic heterocycles. The third-order valence-corrected chi connectivity index (χ3v) is 5.03. The maximum absolute atomic E-state index is 12.4. The lowest BCUT2D eigenvalue weighted by atomic mass is 10.1. The van der Waals surface area contributed by atoms with E-state index < -0.39 is 0 Å². The Kier molecular flexibility index (Phi) is 4.58. The largest absolute Gasteiger partial charge is 0.381 e. The maximum Gasteiger partial charge on any atom is 0.270 e. The topological polar surface area (TPSA) is 69.0 Å². The molecule has 3 heterocycles. The Balaban J connectivity index is 1.47. The van der Waals surface area contributed by atoms with Crippen molar-refractivity contribution in [1.82, 2.24) is 20.1 Å². The van der Waals surface area contributed by atoms with Crippen LogP contribution in [0, 0.1) is 0 Å². The number of nitrogens with one attached hydrogen (secondary N) is 1. The molecule has 3 aromatic rings. The van der Waals surface area contributed by atoms with Crippen LogP contribution < -0.4 is 5.32 Å². The molecule has 4 rings (SSSR count). The lowest BCUT2D eigenvalue weighted by Crippen LogP contribution is -2.39. The summed E-state index contributed by atoms with van der Waals surface area (Å²) in [4.78, 5) is 16.8. The first-order chi connectivity index (χ1) is 12.3. The summed E-state index contributed by atoms with van der Waals surface area (Å²) in [6.45, 7) is 1.40. The van der Waals surface area contributed by atoms with Crippen LogP contribution in [0.5, 0.6) is 0 Å². The highest BCUT2D eigenvalue weighted by molar-refractivity contribution is 7.13. The van der Waals surface area contributed by atoms with Gasteiger partial charge in [0, 0.05) is 36.4 Å². The molecule has 1 amide bonds. The second kappa shape index (κ2) is 7.16. The Hall–Kier alpha value is -2.51. The molecule has 0 unspecified atom stereocenters. The third-order valence-electron chi connectivity index (χ3n) is 4.14. The number of rotatable bonds is 4. The average molecular weight is 354 g/mol. The molecule has 0 atom stereocenters. The molecule has 25 heavy (non-hydrogen) atoms. The molecule has 0 bridgehead atoms. The van der Waals surface area contributed by atoms with Gasteiger partial charge in [-0.15, -0.1) is 11.3 Å². The number of carbonyl (C=O) groups excluding carboxylic acids is 1.